The second-order valence-electron chi connectivity index (χ2n) is 23.5. The van der Waals surface area contributed by atoms with Crippen molar-refractivity contribution in [3.05, 3.63) is 217 Å². The van der Waals surface area contributed by atoms with E-state index in [2.05, 4.69) is 85.0 Å². The van der Waals surface area contributed by atoms with Crippen molar-refractivity contribution in [3.8, 4) is 90.1 Å². The molecular weight excluding hydrogens is 1420 g/mol. The number of hydrogen-bond donors (Lipinski definition) is 3. The van der Waals surface area contributed by atoms with Gasteiger partial charge in [-0.15, -0.1) is 4.33 Å². The van der Waals surface area contributed by atoms with Crippen molar-refractivity contribution in [2.24, 2.45) is 0 Å². The maximum absolute atomic E-state index is 11.8. The molecule has 12 aromatic carbocycles. The van der Waals surface area contributed by atoms with E-state index in [0.29, 0.717) is 49.5 Å². The summed E-state index contributed by atoms with van der Waals surface area (Å²) in [6.07, 6.45) is 0. The Morgan fingerprint density at radius 3 is 0.932 bits per heavy atom. The summed E-state index contributed by atoms with van der Waals surface area (Å²) in [5.41, 5.74) is 22.7. The Hall–Kier alpha value is -7.76. The van der Waals surface area contributed by atoms with Gasteiger partial charge in [0.05, 0.1) is 124 Å². The first-order valence-corrected chi connectivity index (χ1v) is 34.5. The molecule has 0 saturated heterocycles. The zero-order valence-corrected chi connectivity index (χ0v) is 64.0. The second-order valence-corrected chi connectivity index (χ2v) is 27.9. The van der Waals surface area contributed by atoms with Crippen LogP contribution in [0.5, 0.6) is 0 Å². The van der Waals surface area contributed by atoms with E-state index < -0.39 is 20.2 Å². The van der Waals surface area contributed by atoms with E-state index in [4.69, 9.17) is 35.2 Å². The third kappa shape index (κ3) is 13.4. The fraction of sp³-hybridized carbons (Fsp3) is 0.0270. The number of para-hydroxylation sites is 8. The monoisotopic (exact) mass is 1470 g/mol. The smallest absolute Gasteiger partial charge is 0.870 e. The number of rotatable bonds is 8. The molecule has 0 radical (unpaired) electrons. The number of benzene rings is 12. The van der Waals surface area contributed by atoms with Crippen molar-refractivity contribution in [3.63, 3.8) is 0 Å². The molecule has 4 heterocycles. The molecule has 4 aromatic heterocycles. The van der Waals surface area contributed by atoms with Gasteiger partial charge in [0.2, 0.25) is 0 Å². The van der Waals surface area contributed by atoms with E-state index in [1.165, 1.54) is 51.7 Å². The van der Waals surface area contributed by atoms with Crippen LogP contribution in [0.2, 0.25) is 0 Å². The van der Waals surface area contributed by atoms with E-state index in [9.17, 15) is 31.2 Å². The first kappa shape index (κ1) is 74.9. The Morgan fingerprint density at radius 1 is 0.330 bits per heavy atom. The fourth-order valence-corrected chi connectivity index (χ4v) is 15.6. The largest absolute Gasteiger partial charge is 1.00 e. The Bertz CT molecular complexity index is 6450. The van der Waals surface area contributed by atoms with Crippen molar-refractivity contribution in [1.29, 1.82) is 0 Å². The van der Waals surface area contributed by atoms with Crippen molar-refractivity contribution in [2.75, 3.05) is 0 Å². The van der Waals surface area contributed by atoms with Crippen LogP contribution in [0.4, 0.5) is 0 Å². The average Bonchev–Trinajstić information content (AvgIpc) is 1.59. The Morgan fingerprint density at radius 2 is 0.602 bits per heavy atom. The van der Waals surface area contributed by atoms with Gasteiger partial charge >= 0.3 is 88.7 Å². The van der Waals surface area contributed by atoms with E-state index in [0.717, 1.165) is 145 Å². The topological polar surface area (TPSA) is 352 Å². The third-order valence-electron chi connectivity index (χ3n) is 17.5. The molecular formula is C74H45N8Na3O14S4. The van der Waals surface area contributed by atoms with Crippen LogP contribution in [0.15, 0.2) is 226 Å². The van der Waals surface area contributed by atoms with Gasteiger partial charge in [0.1, 0.15) is 0 Å². The van der Waals surface area contributed by atoms with Gasteiger partial charge in [0.25, 0.3) is 20.2 Å². The summed E-state index contributed by atoms with van der Waals surface area (Å²) in [5.74, 6) is 0. The zero-order chi connectivity index (χ0) is 66.9. The molecule has 16 aromatic rings. The van der Waals surface area contributed by atoms with E-state index in [1.807, 2.05) is 127 Å². The van der Waals surface area contributed by atoms with Crippen LogP contribution in [0.25, 0.3) is 177 Å². The molecule has 103 heavy (non-hydrogen) atoms. The van der Waals surface area contributed by atoms with Crippen LogP contribution in [0.1, 0.15) is 11.1 Å². The molecule has 0 saturated carbocycles. The van der Waals surface area contributed by atoms with Gasteiger partial charge in [-0.1, -0.05) is 102 Å². The molecule has 0 unspecified atom stereocenters. The normalized spacial score (nSPS) is 11.8. The molecule has 0 amide bonds. The van der Waals surface area contributed by atoms with Crippen LogP contribution < -0.4 is 93.9 Å². The minimum Gasteiger partial charge on any atom is -0.870 e. The molecule has 492 valence electrons. The molecule has 0 spiro atoms. The van der Waals surface area contributed by atoms with Gasteiger partial charge in [-0.05, 0) is 156 Å². The SMILES string of the molecule is Cc1cc2c3c(cc(SOO[O-])cc3c1)-c1nc3ccccc3nc1-2.Cc1cc2c3c(cccc3c1)-c1nc3ccccc3nc1-2.O=S(=O)(O)c1cc2c3c(cc(SOOO)cc3c1)-c1nc3ccccc3nc1-2.O=S(=O)(O)c1cc2c3c(cccc3c1)-c1nc3ccccc3nc1-2.[Na+].[Na+].[Na+].[OH-].[OH-]. The van der Waals surface area contributed by atoms with Gasteiger partial charge in [0, 0.05) is 75.8 Å². The van der Waals surface area contributed by atoms with Crippen molar-refractivity contribution in [1.82, 2.24) is 39.9 Å². The Balaban J connectivity index is 0.000000128. The zero-order valence-electron chi connectivity index (χ0n) is 54.8. The van der Waals surface area contributed by atoms with E-state index in [-0.39, 0.29) is 109 Å². The van der Waals surface area contributed by atoms with Gasteiger partial charge in [-0.2, -0.15) is 21.2 Å². The molecule has 0 fully saturated rings. The van der Waals surface area contributed by atoms with Crippen molar-refractivity contribution >= 4 is 132 Å². The van der Waals surface area contributed by atoms with Crippen molar-refractivity contribution < 1.29 is 155 Å². The quantitative estimate of drug-likeness (QED) is 0.0447. The maximum atomic E-state index is 11.8. The Labute approximate surface area is 660 Å². The standard InChI is InChI=1S/C19H12N2O3S.C19H12N2.C18H10N2O6S2.C18H10N2O3S.3Na.2H2O/c1-10-6-11-8-12(25-24-23-22)9-14-17(11)13(7-10)18-19(14)21-16-5-3-2-4-15(16)20-18;1-11-9-12-5-4-6-13-17(12)14(10-11)19-18(13)20-15-7-2-3-8-16(15)21-19;21-25-26-27-10-5-9-6-11(28(22,23)24)8-13-16(9)12(7-10)17-18(13)20-15-4-2-1-3-14(15)19-17;21-24(22,23)11-8-10-4-3-5-12-16(10)13(9-11)18-17(12)19-14-6-1-2-7-15(14)20-18;;;;;/h2-9,22H,1H3;2-10H,1H3;1-8,21H,(H,22,23,24);1-9H,(H,21,22,23);;;;2*1H2/q;;;;3*+1;;/p-3. The maximum Gasteiger partial charge on any atom is 1.00 e. The number of hydrogen-bond acceptors (Lipinski definition) is 22. The first-order valence-electron chi connectivity index (χ1n) is 30.2. The summed E-state index contributed by atoms with van der Waals surface area (Å²) < 4.78 is 74.8. The molecule has 22 nitrogen and oxygen atoms in total. The van der Waals surface area contributed by atoms with Crippen LogP contribution >= 0.6 is 24.1 Å². The molecule has 0 aliphatic heterocycles. The summed E-state index contributed by atoms with van der Waals surface area (Å²) in [5, 5.41) is 33.4. The van der Waals surface area contributed by atoms with Crippen LogP contribution in [0.3, 0.4) is 0 Å². The fourth-order valence-electron chi connectivity index (χ4n) is 13.6. The minimum atomic E-state index is -4.43. The predicted octanol–water partition coefficient (Wildman–Crippen LogP) is 7.15. The van der Waals surface area contributed by atoms with Gasteiger partial charge in [-0.25, -0.2) is 45.1 Å². The summed E-state index contributed by atoms with van der Waals surface area (Å²) in [7, 11) is -8.73. The number of fused-ring (bicyclic) bond motifs is 16. The first-order chi connectivity index (χ1) is 47.5. The number of nitrogens with zero attached hydrogens (tertiary/aromatic N) is 8. The van der Waals surface area contributed by atoms with E-state index in [1.54, 1.807) is 12.1 Å². The third-order valence-corrected chi connectivity index (χ3v) is 20.2. The molecule has 4 aliphatic rings. The molecule has 20 rings (SSSR count). The van der Waals surface area contributed by atoms with Crippen LogP contribution in [0, 0.1) is 13.8 Å². The molecule has 0 atom stereocenters. The Kier molecular flexibility index (Phi) is 21.6. The number of aromatic nitrogens is 8. The number of aryl methyl sites for hydroxylation is 2. The molecule has 29 heteroatoms. The predicted molar refractivity (Wildman–Crippen MR) is 378 cm³/mol. The summed E-state index contributed by atoms with van der Waals surface area (Å²) in [6, 6.07) is 64.7. The average molecular weight is 1470 g/mol. The summed E-state index contributed by atoms with van der Waals surface area (Å²) in [6.45, 7) is 4.19. The van der Waals surface area contributed by atoms with Gasteiger partial charge in [0.15, 0.2) is 0 Å². The van der Waals surface area contributed by atoms with Crippen LogP contribution in [-0.2, 0) is 39.0 Å². The van der Waals surface area contributed by atoms with E-state index >= 15 is 0 Å². The summed E-state index contributed by atoms with van der Waals surface area (Å²) in [4.78, 5) is 39.1. The minimum absolute atomic E-state index is 0. The molecule has 0 bridgehead atoms. The van der Waals surface area contributed by atoms with Gasteiger partial charge < -0.3 is 16.2 Å². The molecule has 4 aliphatic carbocycles. The van der Waals surface area contributed by atoms with Crippen LogP contribution in [-0.4, -0.2) is 82.0 Å². The summed E-state index contributed by atoms with van der Waals surface area (Å²) >= 11 is 1.64. The second kappa shape index (κ2) is 29.6. The van der Waals surface area contributed by atoms with Gasteiger partial charge in [-0.3, -0.25) is 14.1 Å². The molecule has 5 N–H and O–H groups in total. The van der Waals surface area contributed by atoms with Crippen molar-refractivity contribution in [2.45, 2.75) is 33.4 Å².